The molecule has 0 aromatic heterocycles. The van der Waals surface area contributed by atoms with Crippen molar-refractivity contribution in [3.05, 3.63) is 52.0 Å². The zero-order valence-electron chi connectivity index (χ0n) is 16.8. The molecule has 1 saturated carbocycles. The molecule has 1 aliphatic heterocycles. The lowest BCUT2D eigenvalue weighted by molar-refractivity contribution is -0.134. The largest absolute Gasteiger partial charge is 0.496 e. The van der Waals surface area contributed by atoms with Gasteiger partial charge in [0, 0.05) is 30.5 Å². The molecule has 1 heterocycles. The van der Waals surface area contributed by atoms with E-state index in [0.717, 1.165) is 46.9 Å². The van der Waals surface area contributed by atoms with Crippen LogP contribution in [0.25, 0.3) is 0 Å². The van der Waals surface area contributed by atoms with Gasteiger partial charge in [0.25, 0.3) is 0 Å². The van der Waals surface area contributed by atoms with Gasteiger partial charge in [0.15, 0.2) is 0 Å². The normalized spacial score (nSPS) is 23.3. The number of rotatable bonds is 6. The van der Waals surface area contributed by atoms with Crippen molar-refractivity contribution in [2.75, 3.05) is 26.8 Å². The Bertz CT molecular complexity index is 939. The van der Waals surface area contributed by atoms with Crippen molar-refractivity contribution in [1.82, 2.24) is 4.90 Å². The molecule has 4 rings (SSSR count). The van der Waals surface area contributed by atoms with Crippen molar-refractivity contribution in [2.24, 2.45) is 11.8 Å². The van der Waals surface area contributed by atoms with Crippen molar-refractivity contribution in [3.8, 4) is 5.75 Å². The van der Waals surface area contributed by atoms with Gasteiger partial charge in [-0.2, -0.15) is 0 Å². The van der Waals surface area contributed by atoms with Gasteiger partial charge in [0.1, 0.15) is 5.75 Å². The molecular formula is C23H25Cl2NO3S. The molecule has 2 aromatic carbocycles. The lowest BCUT2D eigenvalue weighted by Crippen LogP contribution is -2.41. The standard InChI is InChI=1S/C23H25Cl2NO3S/c1-29-18-6-2-3-7-19(18)30-20-9-8-15(21(24)22(20)25)16-11-17(16)23(28)26-10-4-5-14(12-26)13-27/h2-3,6-9,14,16-17,27H,4-5,10-13H2,1H3. The fourth-order valence-electron chi connectivity index (χ4n) is 4.19. The van der Waals surface area contributed by atoms with E-state index in [0.29, 0.717) is 16.6 Å². The summed E-state index contributed by atoms with van der Waals surface area (Å²) in [6.07, 6.45) is 2.74. The number of benzene rings is 2. The van der Waals surface area contributed by atoms with Gasteiger partial charge < -0.3 is 14.7 Å². The number of aliphatic hydroxyl groups excluding tert-OH is 1. The molecule has 0 bridgehead atoms. The molecular weight excluding hydrogens is 441 g/mol. The first-order valence-corrected chi connectivity index (χ1v) is 11.8. The number of amides is 1. The summed E-state index contributed by atoms with van der Waals surface area (Å²) in [5, 5.41) is 10.5. The van der Waals surface area contributed by atoms with E-state index in [1.807, 2.05) is 41.3 Å². The maximum absolute atomic E-state index is 12.9. The highest BCUT2D eigenvalue weighted by atomic mass is 35.5. The van der Waals surface area contributed by atoms with Crippen LogP contribution in [0.3, 0.4) is 0 Å². The first-order valence-electron chi connectivity index (χ1n) is 10.2. The van der Waals surface area contributed by atoms with Crippen LogP contribution >= 0.6 is 35.0 Å². The van der Waals surface area contributed by atoms with E-state index < -0.39 is 0 Å². The molecule has 1 saturated heterocycles. The van der Waals surface area contributed by atoms with Crippen LogP contribution in [0, 0.1) is 11.8 Å². The predicted octanol–water partition coefficient (Wildman–Crippen LogP) is 5.49. The monoisotopic (exact) mass is 465 g/mol. The lowest BCUT2D eigenvalue weighted by Gasteiger charge is -2.32. The highest BCUT2D eigenvalue weighted by Gasteiger charge is 2.47. The highest BCUT2D eigenvalue weighted by Crippen LogP contribution is 2.53. The SMILES string of the molecule is COc1ccccc1Sc1ccc(C2CC2C(=O)N2CCCC(CO)C2)c(Cl)c1Cl. The van der Waals surface area contributed by atoms with Crippen LogP contribution in [0.4, 0.5) is 0 Å². The van der Waals surface area contributed by atoms with Crippen LogP contribution in [0.15, 0.2) is 46.2 Å². The van der Waals surface area contributed by atoms with Gasteiger partial charge in [0.05, 0.1) is 22.1 Å². The molecule has 3 atom stereocenters. The Kier molecular flexibility index (Phi) is 6.83. The second kappa shape index (κ2) is 9.39. The van der Waals surface area contributed by atoms with Gasteiger partial charge >= 0.3 is 0 Å². The summed E-state index contributed by atoms with van der Waals surface area (Å²) in [6, 6.07) is 11.7. The summed E-state index contributed by atoms with van der Waals surface area (Å²) in [6.45, 7) is 1.58. The molecule has 0 spiro atoms. The first kappa shape index (κ1) is 21.8. The molecule has 1 amide bonds. The molecule has 2 fully saturated rings. The molecule has 4 nitrogen and oxygen atoms in total. The molecule has 160 valence electrons. The third-order valence-electron chi connectivity index (χ3n) is 5.96. The number of hydrogen-bond acceptors (Lipinski definition) is 4. The number of halogens is 2. The van der Waals surface area contributed by atoms with Crippen LogP contribution in [-0.2, 0) is 4.79 Å². The number of aliphatic hydroxyl groups is 1. The number of carbonyl (C=O) groups excluding carboxylic acids is 1. The van der Waals surface area contributed by atoms with E-state index in [9.17, 15) is 9.90 Å². The summed E-state index contributed by atoms with van der Waals surface area (Å²) in [5.74, 6) is 1.24. The van der Waals surface area contributed by atoms with E-state index in [1.165, 1.54) is 11.8 Å². The maximum Gasteiger partial charge on any atom is 0.226 e. The van der Waals surface area contributed by atoms with E-state index in [-0.39, 0.29) is 30.3 Å². The molecule has 7 heteroatoms. The summed E-state index contributed by atoms with van der Waals surface area (Å²) in [5.41, 5.74) is 0.945. The maximum atomic E-state index is 12.9. The van der Waals surface area contributed by atoms with Crippen molar-refractivity contribution >= 4 is 40.9 Å². The second-order valence-corrected chi connectivity index (χ2v) is 9.80. The average molecular weight is 466 g/mol. The average Bonchev–Trinajstić information content (AvgIpc) is 3.57. The Morgan fingerprint density at radius 2 is 2.00 bits per heavy atom. The third-order valence-corrected chi connectivity index (χ3v) is 8.09. The Balaban J connectivity index is 1.47. The summed E-state index contributed by atoms with van der Waals surface area (Å²) in [7, 11) is 1.65. The molecule has 2 aromatic rings. The van der Waals surface area contributed by atoms with E-state index in [1.54, 1.807) is 7.11 Å². The van der Waals surface area contributed by atoms with Crippen molar-refractivity contribution in [1.29, 1.82) is 0 Å². The zero-order valence-corrected chi connectivity index (χ0v) is 19.1. The number of para-hydroxylation sites is 1. The van der Waals surface area contributed by atoms with Gasteiger partial charge in [-0.25, -0.2) is 0 Å². The second-order valence-electron chi connectivity index (χ2n) is 7.96. The summed E-state index contributed by atoms with van der Waals surface area (Å²) >= 11 is 14.8. The van der Waals surface area contributed by atoms with Crippen LogP contribution in [0.2, 0.25) is 10.0 Å². The molecule has 2 aliphatic rings. The molecule has 0 radical (unpaired) electrons. The smallest absolute Gasteiger partial charge is 0.226 e. The fraction of sp³-hybridized carbons (Fsp3) is 0.435. The summed E-state index contributed by atoms with van der Waals surface area (Å²) < 4.78 is 5.42. The quantitative estimate of drug-likeness (QED) is 0.612. The van der Waals surface area contributed by atoms with Crippen LogP contribution in [0.5, 0.6) is 5.75 Å². The topological polar surface area (TPSA) is 49.8 Å². The van der Waals surface area contributed by atoms with Gasteiger partial charge in [-0.1, -0.05) is 53.2 Å². The minimum atomic E-state index is -0.0382. The zero-order chi connectivity index (χ0) is 21.3. The van der Waals surface area contributed by atoms with Gasteiger partial charge in [-0.3, -0.25) is 4.79 Å². The minimum absolute atomic E-state index is 0.0382. The number of carbonyl (C=O) groups is 1. The fourth-order valence-corrected chi connectivity index (χ4v) is 5.81. The number of piperidine rings is 1. The van der Waals surface area contributed by atoms with Crippen LogP contribution < -0.4 is 4.74 Å². The summed E-state index contributed by atoms with van der Waals surface area (Å²) in [4.78, 5) is 16.7. The molecule has 1 N–H and O–H groups in total. The van der Waals surface area contributed by atoms with Crippen LogP contribution in [0.1, 0.15) is 30.7 Å². The van der Waals surface area contributed by atoms with Crippen molar-refractivity contribution < 1.29 is 14.6 Å². The minimum Gasteiger partial charge on any atom is -0.496 e. The van der Waals surface area contributed by atoms with Crippen LogP contribution in [-0.4, -0.2) is 42.7 Å². The predicted molar refractivity (Wildman–Crippen MR) is 121 cm³/mol. The Morgan fingerprint density at radius 1 is 1.20 bits per heavy atom. The number of ether oxygens (including phenoxy) is 1. The third kappa shape index (κ3) is 4.45. The lowest BCUT2D eigenvalue weighted by atomic mass is 9.98. The number of nitrogens with zero attached hydrogens (tertiary/aromatic N) is 1. The first-order chi connectivity index (χ1) is 14.5. The highest BCUT2D eigenvalue weighted by molar-refractivity contribution is 7.99. The number of methoxy groups -OCH3 is 1. The Morgan fingerprint density at radius 3 is 2.77 bits per heavy atom. The van der Waals surface area contributed by atoms with E-state index in [2.05, 4.69) is 0 Å². The van der Waals surface area contributed by atoms with Gasteiger partial charge in [-0.05, 0) is 54.9 Å². The molecule has 1 aliphatic carbocycles. The van der Waals surface area contributed by atoms with E-state index >= 15 is 0 Å². The van der Waals surface area contributed by atoms with E-state index in [4.69, 9.17) is 27.9 Å². The van der Waals surface area contributed by atoms with Crippen molar-refractivity contribution in [3.63, 3.8) is 0 Å². The van der Waals surface area contributed by atoms with Crippen molar-refractivity contribution in [2.45, 2.75) is 35.0 Å². The molecule has 30 heavy (non-hydrogen) atoms. The Hall–Kier alpha value is -1.40. The Labute approximate surface area is 191 Å². The van der Waals surface area contributed by atoms with Gasteiger partial charge in [-0.15, -0.1) is 0 Å². The van der Waals surface area contributed by atoms with Gasteiger partial charge in [0.2, 0.25) is 5.91 Å². The number of likely N-dealkylation sites (tertiary alicyclic amines) is 1. The molecule has 3 unspecified atom stereocenters. The number of hydrogen-bond donors (Lipinski definition) is 1.